The summed E-state index contributed by atoms with van der Waals surface area (Å²) in [5.74, 6) is 1.77. The van der Waals surface area contributed by atoms with Crippen LogP contribution in [0.4, 0.5) is 0 Å². The maximum atomic E-state index is 10.8. The third-order valence-electron chi connectivity index (χ3n) is 4.25. The van der Waals surface area contributed by atoms with Gasteiger partial charge >= 0.3 is 0 Å². The maximum Gasteiger partial charge on any atom is 0.235 e. The van der Waals surface area contributed by atoms with Crippen molar-refractivity contribution >= 4 is 6.08 Å². The molecule has 1 aliphatic carbocycles. The fourth-order valence-electron chi connectivity index (χ4n) is 3.22. The summed E-state index contributed by atoms with van der Waals surface area (Å²) in [7, 11) is 1.67. The highest BCUT2D eigenvalue weighted by Gasteiger charge is 2.44. The molecule has 0 saturated heterocycles. The number of rotatable bonds is 3. The highest BCUT2D eigenvalue weighted by molar-refractivity contribution is 5.59. The molecule has 1 heterocycles. The van der Waals surface area contributed by atoms with E-state index in [1.807, 2.05) is 13.0 Å². The van der Waals surface area contributed by atoms with Gasteiger partial charge in [0.25, 0.3) is 0 Å². The standard InChI is InChI=1S/C15H17NO3/c1-10-8-12-11(4-7-19-12)13(14(10)18-2)15(16-9-17)5-3-6-15/h8H,3-7H2,1-2H3. The number of hydrogen-bond donors (Lipinski definition) is 0. The van der Waals surface area contributed by atoms with Gasteiger partial charge in [0.05, 0.1) is 13.7 Å². The monoisotopic (exact) mass is 259 g/mol. The van der Waals surface area contributed by atoms with E-state index in [1.54, 1.807) is 13.2 Å². The highest BCUT2D eigenvalue weighted by atomic mass is 16.5. The van der Waals surface area contributed by atoms with E-state index in [0.29, 0.717) is 6.61 Å². The summed E-state index contributed by atoms with van der Waals surface area (Å²) in [6.07, 6.45) is 5.46. The number of aryl methyl sites for hydroxylation is 1. The minimum absolute atomic E-state index is 0.434. The number of aliphatic imine (C=N–C) groups is 1. The van der Waals surface area contributed by atoms with Crippen LogP contribution in [0.5, 0.6) is 11.5 Å². The van der Waals surface area contributed by atoms with Gasteiger partial charge in [-0.25, -0.2) is 4.79 Å². The Balaban J connectivity index is 2.26. The van der Waals surface area contributed by atoms with Crippen LogP contribution >= 0.6 is 0 Å². The van der Waals surface area contributed by atoms with Gasteiger partial charge in [0.1, 0.15) is 17.0 Å². The van der Waals surface area contributed by atoms with Gasteiger partial charge < -0.3 is 9.47 Å². The van der Waals surface area contributed by atoms with Crippen molar-refractivity contribution in [3.05, 3.63) is 22.8 Å². The van der Waals surface area contributed by atoms with Crippen molar-refractivity contribution in [1.29, 1.82) is 0 Å². The van der Waals surface area contributed by atoms with Crippen LogP contribution < -0.4 is 9.47 Å². The number of methoxy groups -OCH3 is 1. The lowest BCUT2D eigenvalue weighted by atomic mass is 9.69. The van der Waals surface area contributed by atoms with Gasteiger partial charge in [-0.15, -0.1) is 0 Å². The van der Waals surface area contributed by atoms with Crippen molar-refractivity contribution in [2.24, 2.45) is 4.99 Å². The van der Waals surface area contributed by atoms with Crippen LogP contribution in [0.15, 0.2) is 11.1 Å². The van der Waals surface area contributed by atoms with Crippen molar-refractivity contribution in [2.75, 3.05) is 13.7 Å². The van der Waals surface area contributed by atoms with E-state index in [-0.39, 0.29) is 0 Å². The predicted octanol–water partition coefficient (Wildman–Crippen LogP) is 2.65. The Morgan fingerprint density at radius 2 is 2.26 bits per heavy atom. The molecule has 100 valence electrons. The zero-order valence-electron chi connectivity index (χ0n) is 11.3. The van der Waals surface area contributed by atoms with Gasteiger partial charge in [0.2, 0.25) is 6.08 Å². The minimum Gasteiger partial charge on any atom is -0.496 e. The Hall–Kier alpha value is -1.80. The summed E-state index contributed by atoms with van der Waals surface area (Å²) >= 11 is 0. The van der Waals surface area contributed by atoms with Crippen LogP contribution in [0.1, 0.15) is 36.0 Å². The molecule has 0 bridgehead atoms. The minimum atomic E-state index is -0.434. The predicted molar refractivity (Wildman–Crippen MR) is 70.6 cm³/mol. The average Bonchev–Trinajstić information content (AvgIpc) is 2.80. The van der Waals surface area contributed by atoms with Gasteiger partial charge in [-0.1, -0.05) is 0 Å². The van der Waals surface area contributed by atoms with Gasteiger partial charge in [0, 0.05) is 17.5 Å². The molecule has 1 fully saturated rings. The lowest BCUT2D eigenvalue weighted by molar-refractivity contribution is 0.244. The second-order valence-electron chi connectivity index (χ2n) is 5.27. The third kappa shape index (κ3) is 1.67. The second-order valence-corrected chi connectivity index (χ2v) is 5.27. The van der Waals surface area contributed by atoms with E-state index < -0.39 is 5.54 Å². The van der Waals surface area contributed by atoms with Gasteiger partial charge in [-0.05, 0) is 37.8 Å². The molecule has 3 rings (SSSR count). The fraction of sp³-hybridized carbons (Fsp3) is 0.533. The van der Waals surface area contributed by atoms with E-state index in [9.17, 15) is 4.79 Å². The molecule has 0 spiro atoms. The summed E-state index contributed by atoms with van der Waals surface area (Å²) in [4.78, 5) is 14.9. The number of isocyanates is 1. The first-order chi connectivity index (χ1) is 9.22. The Kier molecular flexibility index (Phi) is 2.83. The number of ether oxygens (including phenoxy) is 2. The lowest BCUT2D eigenvalue weighted by Gasteiger charge is -2.39. The quantitative estimate of drug-likeness (QED) is 0.619. The molecule has 0 unspecified atom stereocenters. The molecule has 0 amide bonds. The normalized spacial score (nSPS) is 18.8. The maximum absolute atomic E-state index is 10.8. The largest absolute Gasteiger partial charge is 0.496 e. The average molecular weight is 259 g/mol. The first-order valence-corrected chi connectivity index (χ1v) is 6.64. The van der Waals surface area contributed by atoms with E-state index in [0.717, 1.165) is 53.9 Å². The Morgan fingerprint density at radius 1 is 1.47 bits per heavy atom. The van der Waals surface area contributed by atoms with Crippen molar-refractivity contribution < 1.29 is 14.3 Å². The summed E-state index contributed by atoms with van der Waals surface area (Å²) in [5, 5.41) is 0. The first kappa shape index (κ1) is 12.2. The summed E-state index contributed by atoms with van der Waals surface area (Å²) in [6.45, 7) is 2.69. The molecule has 0 aromatic heterocycles. The number of benzene rings is 1. The molecule has 0 atom stereocenters. The Bertz CT molecular complexity index is 565. The molecule has 0 N–H and O–H groups in total. The molecule has 1 aromatic carbocycles. The fourth-order valence-corrected chi connectivity index (χ4v) is 3.22. The lowest BCUT2D eigenvalue weighted by Crippen LogP contribution is -2.33. The highest BCUT2D eigenvalue weighted by Crippen LogP contribution is 2.53. The number of carbonyl (C=O) groups excluding carboxylic acids is 1. The molecule has 0 radical (unpaired) electrons. The van der Waals surface area contributed by atoms with Crippen LogP contribution in [0.25, 0.3) is 0 Å². The van der Waals surface area contributed by atoms with Gasteiger partial charge in [-0.3, -0.25) is 0 Å². The van der Waals surface area contributed by atoms with Crippen LogP contribution in [0.2, 0.25) is 0 Å². The molecular formula is C15H17NO3. The smallest absolute Gasteiger partial charge is 0.235 e. The molecule has 2 aliphatic rings. The third-order valence-corrected chi connectivity index (χ3v) is 4.25. The number of nitrogens with zero attached hydrogens (tertiary/aromatic N) is 1. The van der Waals surface area contributed by atoms with E-state index in [1.165, 1.54) is 0 Å². The summed E-state index contributed by atoms with van der Waals surface area (Å²) in [6, 6.07) is 2.02. The molecule has 4 nitrogen and oxygen atoms in total. The van der Waals surface area contributed by atoms with E-state index >= 15 is 0 Å². The van der Waals surface area contributed by atoms with Crippen LogP contribution in [-0.4, -0.2) is 19.8 Å². The molecular weight excluding hydrogens is 242 g/mol. The van der Waals surface area contributed by atoms with Crippen molar-refractivity contribution in [1.82, 2.24) is 0 Å². The zero-order valence-corrected chi connectivity index (χ0v) is 11.3. The van der Waals surface area contributed by atoms with E-state index in [2.05, 4.69) is 4.99 Å². The molecule has 1 aliphatic heterocycles. The first-order valence-electron chi connectivity index (χ1n) is 6.64. The molecule has 19 heavy (non-hydrogen) atoms. The summed E-state index contributed by atoms with van der Waals surface area (Å²) in [5.41, 5.74) is 2.81. The van der Waals surface area contributed by atoms with Crippen LogP contribution in [0, 0.1) is 6.92 Å². The van der Waals surface area contributed by atoms with Gasteiger partial charge in [0.15, 0.2) is 0 Å². The van der Waals surface area contributed by atoms with Crippen molar-refractivity contribution in [3.8, 4) is 11.5 Å². The zero-order chi connectivity index (χ0) is 13.5. The molecule has 1 aromatic rings. The number of hydrogen-bond acceptors (Lipinski definition) is 4. The SMILES string of the molecule is COc1c(C)cc2c(c1C1(N=C=O)CCC1)CCO2. The van der Waals surface area contributed by atoms with Crippen molar-refractivity contribution in [2.45, 2.75) is 38.1 Å². The Morgan fingerprint density at radius 3 is 2.84 bits per heavy atom. The van der Waals surface area contributed by atoms with Crippen LogP contribution in [0.3, 0.4) is 0 Å². The Labute approximate surface area is 112 Å². The topological polar surface area (TPSA) is 47.9 Å². The second kappa shape index (κ2) is 4.39. The van der Waals surface area contributed by atoms with Gasteiger partial charge in [-0.2, -0.15) is 4.99 Å². The molecule has 4 heteroatoms. The van der Waals surface area contributed by atoms with E-state index in [4.69, 9.17) is 9.47 Å². The number of fused-ring (bicyclic) bond motifs is 1. The van der Waals surface area contributed by atoms with Crippen LogP contribution in [-0.2, 0) is 16.8 Å². The van der Waals surface area contributed by atoms with Crippen molar-refractivity contribution in [3.63, 3.8) is 0 Å². The molecule has 1 saturated carbocycles. The summed E-state index contributed by atoms with van der Waals surface area (Å²) < 4.78 is 11.2.